The van der Waals surface area contributed by atoms with Crippen molar-refractivity contribution in [1.29, 1.82) is 0 Å². The van der Waals surface area contributed by atoms with Gasteiger partial charge in [0.1, 0.15) is 0 Å². The van der Waals surface area contributed by atoms with Crippen molar-refractivity contribution in [3.8, 4) is 0 Å². The molecule has 0 aromatic rings. The number of likely N-dealkylation sites (N-methyl/N-ethyl adjacent to an activating group) is 1. The van der Waals surface area contributed by atoms with Gasteiger partial charge in [0.15, 0.2) is 0 Å². The van der Waals surface area contributed by atoms with Gasteiger partial charge in [-0.1, -0.05) is 96.8 Å². The van der Waals surface area contributed by atoms with Gasteiger partial charge in [-0.3, -0.25) is 4.79 Å². The molecule has 0 aliphatic carbocycles. The molecule has 1 atom stereocenters. The van der Waals surface area contributed by atoms with Gasteiger partial charge >= 0.3 is 0 Å². The van der Waals surface area contributed by atoms with E-state index in [0.29, 0.717) is 19.5 Å². The molecule has 0 rings (SSSR count). The molecule has 0 radical (unpaired) electrons. The Labute approximate surface area is 202 Å². The number of nitrogens with one attached hydrogen (secondary N) is 1. The molecule has 0 fully saturated rings. The summed E-state index contributed by atoms with van der Waals surface area (Å²) in [6, 6.07) is 0. The number of carbonyl (C=O) groups excluding carboxylic acids is 1. The van der Waals surface area contributed by atoms with Gasteiger partial charge < -0.3 is 20.5 Å². The number of hydrogen-bond donors (Lipinski definition) is 3. The average Bonchev–Trinajstić information content (AvgIpc) is 2.73. The molecule has 0 aliphatic heterocycles. The molecule has 1 unspecified atom stereocenters. The van der Waals surface area contributed by atoms with Crippen LogP contribution < -0.4 is 5.32 Å². The van der Waals surface area contributed by atoms with Gasteiger partial charge in [-0.25, -0.2) is 0 Å². The van der Waals surface area contributed by atoms with Crippen molar-refractivity contribution in [2.45, 2.75) is 129 Å². The van der Waals surface area contributed by atoms with E-state index in [9.17, 15) is 9.90 Å². The number of aliphatic hydroxyl groups excluding tert-OH is 1. The van der Waals surface area contributed by atoms with Crippen molar-refractivity contribution in [1.82, 2.24) is 10.2 Å². The predicted octanol–water partition coefficient (Wildman–Crippen LogP) is 5.72. The van der Waals surface area contributed by atoms with Gasteiger partial charge in [0.25, 0.3) is 5.09 Å². The molecule has 0 heterocycles. The van der Waals surface area contributed by atoms with Crippen molar-refractivity contribution in [3.05, 3.63) is 10.1 Å². The molecule has 0 aromatic heterocycles. The lowest BCUT2D eigenvalue weighted by molar-refractivity contribution is -0.742. The van der Waals surface area contributed by atoms with Crippen LogP contribution in [0.1, 0.15) is 122 Å². The van der Waals surface area contributed by atoms with E-state index in [4.69, 9.17) is 15.3 Å². The number of nitrogens with zero attached hydrogens (tertiary/aromatic N) is 2. The minimum absolute atomic E-state index is 0.168. The third-order valence-corrected chi connectivity index (χ3v) is 5.62. The minimum atomic E-state index is -1.50. The SMILES string of the molecule is CCCCCCCCCCCCCCCCCC(=O)NCCCC(O)CN(C)C.O=[N+]([O-])O. The number of aliphatic hydroxyl groups is 1. The normalized spacial score (nSPS) is 11.7. The quantitative estimate of drug-likeness (QED) is 0.105. The first-order valence-electron chi connectivity index (χ1n) is 13.2. The highest BCUT2D eigenvalue weighted by Crippen LogP contribution is 2.13. The molecule has 0 saturated heterocycles. The van der Waals surface area contributed by atoms with Crippen LogP contribution in [0, 0.1) is 10.1 Å². The highest BCUT2D eigenvalue weighted by Gasteiger charge is 2.06. The first-order chi connectivity index (χ1) is 15.8. The molecule has 1 amide bonds. The number of carbonyl (C=O) groups is 1. The summed E-state index contributed by atoms with van der Waals surface area (Å²) < 4.78 is 0. The van der Waals surface area contributed by atoms with Crippen LogP contribution in [-0.2, 0) is 4.79 Å². The van der Waals surface area contributed by atoms with Crippen LogP contribution in [0.5, 0.6) is 0 Å². The lowest BCUT2D eigenvalue weighted by atomic mass is 10.0. The van der Waals surface area contributed by atoms with Crippen LogP contribution in [0.25, 0.3) is 0 Å². The van der Waals surface area contributed by atoms with Crippen LogP contribution in [0.4, 0.5) is 0 Å². The number of rotatable bonds is 22. The fourth-order valence-electron chi connectivity index (χ4n) is 3.82. The molecule has 8 heteroatoms. The maximum Gasteiger partial charge on any atom is 0.291 e. The van der Waals surface area contributed by atoms with Crippen molar-refractivity contribution in [2.75, 3.05) is 27.2 Å². The fraction of sp³-hybridized carbons (Fsp3) is 0.960. The van der Waals surface area contributed by atoms with E-state index < -0.39 is 5.09 Å². The third kappa shape index (κ3) is 35.4. The van der Waals surface area contributed by atoms with E-state index >= 15 is 0 Å². The summed E-state index contributed by atoms with van der Waals surface area (Å²) in [5.74, 6) is 0.168. The van der Waals surface area contributed by atoms with Crippen LogP contribution >= 0.6 is 0 Å². The topological polar surface area (TPSA) is 116 Å². The van der Waals surface area contributed by atoms with Crippen molar-refractivity contribution < 1.29 is 20.2 Å². The van der Waals surface area contributed by atoms with E-state index in [1.54, 1.807) is 0 Å². The number of hydrogen-bond acceptors (Lipinski definition) is 5. The van der Waals surface area contributed by atoms with E-state index in [-0.39, 0.29) is 12.0 Å². The molecule has 0 bridgehead atoms. The zero-order chi connectivity index (χ0) is 25.2. The molecule has 0 saturated carbocycles. The molecular formula is C25H53N3O5. The van der Waals surface area contributed by atoms with Gasteiger partial charge in [0.05, 0.1) is 6.10 Å². The maximum atomic E-state index is 11.8. The van der Waals surface area contributed by atoms with Crippen molar-refractivity contribution in [3.63, 3.8) is 0 Å². The Bertz CT molecular complexity index is 432. The maximum absolute atomic E-state index is 11.8. The first kappa shape index (κ1) is 33.8. The average molecular weight is 476 g/mol. The zero-order valence-electron chi connectivity index (χ0n) is 21.7. The molecule has 33 heavy (non-hydrogen) atoms. The summed E-state index contributed by atoms with van der Waals surface area (Å²) >= 11 is 0. The predicted molar refractivity (Wildman–Crippen MR) is 135 cm³/mol. The second-order valence-electron chi connectivity index (χ2n) is 9.35. The summed E-state index contributed by atoms with van der Waals surface area (Å²) in [4.78, 5) is 22.2. The van der Waals surface area contributed by atoms with Crippen molar-refractivity contribution in [2.24, 2.45) is 0 Å². The Morgan fingerprint density at radius 3 is 1.64 bits per heavy atom. The molecule has 8 nitrogen and oxygen atoms in total. The van der Waals surface area contributed by atoms with Gasteiger partial charge in [-0.2, -0.15) is 0 Å². The highest BCUT2D eigenvalue weighted by atomic mass is 16.9. The van der Waals surface area contributed by atoms with Crippen LogP contribution in [0.2, 0.25) is 0 Å². The summed E-state index contributed by atoms with van der Waals surface area (Å²) in [7, 11) is 3.92. The largest absolute Gasteiger partial charge is 0.392 e. The second kappa shape index (κ2) is 26.8. The van der Waals surface area contributed by atoms with Crippen molar-refractivity contribution >= 4 is 5.91 Å². The van der Waals surface area contributed by atoms with Gasteiger partial charge in [0.2, 0.25) is 5.91 Å². The number of amides is 1. The molecule has 198 valence electrons. The second-order valence-corrected chi connectivity index (χ2v) is 9.35. The molecule has 0 aliphatic rings. The van der Waals surface area contributed by atoms with E-state index in [0.717, 1.165) is 19.3 Å². The molecule has 0 aromatic carbocycles. The number of unbranched alkanes of at least 4 members (excludes halogenated alkanes) is 14. The molecule has 0 spiro atoms. The van der Waals surface area contributed by atoms with E-state index in [1.165, 1.54) is 89.9 Å². The van der Waals surface area contributed by atoms with Gasteiger partial charge in [-0.15, -0.1) is 10.1 Å². The fourth-order valence-corrected chi connectivity index (χ4v) is 3.82. The Hall–Kier alpha value is -1.41. The van der Waals surface area contributed by atoms with Crippen LogP contribution in [0.15, 0.2) is 0 Å². The highest BCUT2D eigenvalue weighted by molar-refractivity contribution is 5.75. The minimum Gasteiger partial charge on any atom is -0.392 e. The lowest BCUT2D eigenvalue weighted by Crippen LogP contribution is -2.28. The van der Waals surface area contributed by atoms with Gasteiger partial charge in [-0.05, 0) is 33.4 Å². The Kier molecular flexibility index (Phi) is 27.5. The standard InChI is InChI=1S/C25H52N2O2.HNO3/c1-4-5-6-7-8-9-10-11-12-13-14-15-16-17-18-21-25(29)26-22-19-20-24(28)23-27(2)3;2-1(3)4/h24,28H,4-23H2,1-3H3,(H,26,29);(H,2,3,4). The summed E-state index contributed by atoms with van der Waals surface area (Å²) in [6.45, 7) is 3.65. The zero-order valence-corrected chi connectivity index (χ0v) is 21.7. The Morgan fingerprint density at radius 2 is 1.24 bits per heavy atom. The van der Waals surface area contributed by atoms with Crippen LogP contribution in [0.3, 0.4) is 0 Å². The van der Waals surface area contributed by atoms with Crippen LogP contribution in [-0.4, -0.2) is 59.5 Å². The van der Waals surface area contributed by atoms with E-state index in [2.05, 4.69) is 12.2 Å². The first-order valence-corrected chi connectivity index (χ1v) is 13.2. The molecular weight excluding hydrogens is 422 g/mol. The molecule has 3 N–H and O–H groups in total. The Morgan fingerprint density at radius 1 is 0.848 bits per heavy atom. The Balaban J connectivity index is 0. The monoisotopic (exact) mass is 475 g/mol. The van der Waals surface area contributed by atoms with E-state index in [1.807, 2.05) is 19.0 Å². The van der Waals surface area contributed by atoms with Gasteiger partial charge in [0, 0.05) is 19.5 Å². The summed E-state index contributed by atoms with van der Waals surface area (Å²) in [6.07, 6.45) is 22.2. The smallest absolute Gasteiger partial charge is 0.291 e. The lowest BCUT2D eigenvalue weighted by Gasteiger charge is -2.15. The summed E-state index contributed by atoms with van der Waals surface area (Å²) in [5.41, 5.74) is 0. The third-order valence-electron chi connectivity index (χ3n) is 5.62. The summed E-state index contributed by atoms with van der Waals surface area (Å²) in [5, 5.41) is 26.4.